The summed E-state index contributed by atoms with van der Waals surface area (Å²) in [5.41, 5.74) is 3.37. The van der Waals surface area contributed by atoms with Gasteiger partial charge in [-0.05, 0) is 62.1 Å². The first-order valence-electron chi connectivity index (χ1n) is 8.82. The van der Waals surface area contributed by atoms with Crippen LogP contribution in [0, 0.1) is 0 Å². The lowest BCUT2D eigenvalue weighted by Gasteiger charge is -2.13. The second kappa shape index (κ2) is 9.07. The Hall–Kier alpha value is -2.55. The first kappa shape index (κ1) is 18.8. The van der Waals surface area contributed by atoms with Crippen molar-refractivity contribution in [3.05, 3.63) is 71.3 Å². The summed E-state index contributed by atoms with van der Waals surface area (Å²) >= 11 is 0. The molecule has 0 aliphatic heterocycles. The van der Waals surface area contributed by atoms with Gasteiger partial charge in [0.1, 0.15) is 5.75 Å². The van der Waals surface area contributed by atoms with Crippen molar-refractivity contribution in [3.8, 4) is 5.75 Å². The highest BCUT2D eigenvalue weighted by Gasteiger charge is 2.07. The number of aryl methyl sites for hydroxylation is 1. The highest BCUT2D eigenvalue weighted by atomic mass is 16.5. The van der Waals surface area contributed by atoms with E-state index in [2.05, 4.69) is 36.5 Å². The van der Waals surface area contributed by atoms with Crippen LogP contribution in [0.2, 0.25) is 0 Å². The molecule has 1 amide bonds. The first-order chi connectivity index (χ1) is 12.0. The Kier molecular flexibility index (Phi) is 6.81. The SMILES string of the molecule is CCc1ccc([C@@H](C)NC(=O)/C=C\c2ccc(OC(C)C)cc2)cc1. The molecule has 0 heterocycles. The highest BCUT2D eigenvalue weighted by molar-refractivity contribution is 5.91. The molecule has 3 heteroatoms. The zero-order valence-corrected chi connectivity index (χ0v) is 15.5. The van der Waals surface area contributed by atoms with Crippen LogP contribution in [0.1, 0.15) is 50.4 Å². The molecule has 25 heavy (non-hydrogen) atoms. The number of carbonyl (C=O) groups is 1. The van der Waals surface area contributed by atoms with Gasteiger partial charge in [-0.1, -0.05) is 43.3 Å². The molecule has 132 valence electrons. The third-order valence-electron chi connectivity index (χ3n) is 3.93. The van der Waals surface area contributed by atoms with Crippen molar-refractivity contribution in [1.82, 2.24) is 5.32 Å². The second-order valence-electron chi connectivity index (χ2n) is 6.39. The van der Waals surface area contributed by atoms with Crippen molar-refractivity contribution in [1.29, 1.82) is 0 Å². The molecule has 0 bridgehead atoms. The summed E-state index contributed by atoms with van der Waals surface area (Å²) in [7, 11) is 0. The first-order valence-corrected chi connectivity index (χ1v) is 8.82. The van der Waals surface area contributed by atoms with Crippen molar-refractivity contribution >= 4 is 12.0 Å². The van der Waals surface area contributed by atoms with Gasteiger partial charge in [0.05, 0.1) is 12.1 Å². The van der Waals surface area contributed by atoms with E-state index < -0.39 is 0 Å². The van der Waals surface area contributed by atoms with E-state index in [9.17, 15) is 4.79 Å². The van der Waals surface area contributed by atoms with Gasteiger partial charge < -0.3 is 10.1 Å². The lowest BCUT2D eigenvalue weighted by Crippen LogP contribution is -2.24. The molecular weight excluding hydrogens is 310 g/mol. The number of carbonyl (C=O) groups excluding carboxylic acids is 1. The normalized spacial score (nSPS) is 12.4. The van der Waals surface area contributed by atoms with Crippen molar-refractivity contribution in [2.75, 3.05) is 0 Å². The number of nitrogens with one attached hydrogen (secondary N) is 1. The Morgan fingerprint density at radius 2 is 1.68 bits per heavy atom. The largest absolute Gasteiger partial charge is 0.491 e. The Morgan fingerprint density at radius 3 is 2.24 bits per heavy atom. The molecule has 0 unspecified atom stereocenters. The molecule has 3 nitrogen and oxygen atoms in total. The van der Waals surface area contributed by atoms with Gasteiger partial charge in [-0.15, -0.1) is 0 Å². The van der Waals surface area contributed by atoms with E-state index >= 15 is 0 Å². The van der Waals surface area contributed by atoms with Gasteiger partial charge in [0.15, 0.2) is 0 Å². The number of amides is 1. The summed E-state index contributed by atoms with van der Waals surface area (Å²) in [6.07, 6.45) is 4.54. The predicted octanol–water partition coefficient (Wildman–Crippen LogP) is 4.93. The summed E-state index contributed by atoms with van der Waals surface area (Å²) < 4.78 is 5.61. The summed E-state index contributed by atoms with van der Waals surface area (Å²) in [4.78, 5) is 12.1. The number of ether oxygens (including phenoxy) is 1. The number of hydrogen-bond acceptors (Lipinski definition) is 2. The van der Waals surface area contributed by atoms with Gasteiger partial charge in [-0.25, -0.2) is 0 Å². The Balaban J connectivity index is 1.90. The molecule has 0 aromatic heterocycles. The van der Waals surface area contributed by atoms with Crippen LogP contribution < -0.4 is 10.1 Å². The maximum absolute atomic E-state index is 12.1. The minimum absolute atomic E-state index is 0.0233. The molecule has 1 N–H and O–H groups in total. The van der Waals surface area contributed by atoms with Crippen molar-refractivity contribution in [3.63, 3.8) is 0 Å². The van der Waals surface area contributed by atoms with Gasteiger partial charge >= 0.3 is 0 Å². The van der Waals surface area contributed by atoms with Gasteiger partial charge in [0.25, 0.3) is 0 Å². The Morgan fingerprint density at radius 1 is 1.04 bits per heavy atom. The van der Waals surface area contributed by atoms with E-state index in [1.807, 2.05) is 45.0 Å². The summed E-state index contributed by atoms with van der Waals surface area (Å²) in [6.45, 7) is 8.11. The van der Waals surface area contributed by atoms with Gasteiger partial charge in [0, 0.05) is 6.08 Å². The Labute approximate surface area is 150 Å². The van der Waals surface area contributed by atoms with E-state index in [-0.39, 0.29) is 18.1 Å². The predicted molar refractivity (Wildman–Crippen MR) is 104 cm³/mol. The fourth-order valence-electron chi connectivity index (χ4n) is 2.49. The lowest BCUT2D eigenvalue weighted by atomic mass is 10.0. The highest BCUT2D eigenvalue weighted by Crippen LogP contribution is 2.16. The molecule has 0 saturated heterocycles. The van der Waals surface area contributed by atoms with Crippen molar-refractivity contribution in [2.24, 2.45) is 0 Å². The van der Waals surface area contributed by atoms with Crippen molar-refractivity contribution in [2.45, 2.75) is 46.3 Å². The molecule has 1 atom stereocenters. The maximum Gasteiger partial charge on any atom is 0.244 e. The maximum atomic E-state index is 12.1. The van der Waals surface area contributed by atoms with Gasteiger partial charge in [-0.3, -0.25) is 4.79 Å². The van der Waals surface area contributed by atoms with Crippen LogP contribution in [0.15, 0.2) is 54.6 Å². The zero-order chi connectivity index (χ0) is 18.2. The quantitative estimate of drug-likeness (QED) is 0.728. The van der Waals surface area contributed by atoms with Gasteiger partial charge in [0.2, 0.25) is 5.91 Å². The molecule has 0 spiro atoms. The molecule has 0 aliphatic rings. The van der Waals surface area contributed by atoms with Crippen LogP contribution >= 0.6 is 0 Å². The van der Waals surface area contributed by atoms with E-state index in [0.29, 0.717) is 0 Å². The molecule has 2 aromatic rings. The number of hydrogen-bond donors (Lipinski definition) is 1. The van der Waals surface area contributed by atoms with E-state index in [1.165, 1.54) is 5.56 Å². The van der Waals surface area contributed by atoms with Crippen LogP contribution in [0.3, 0.4) is 0 Å². The van der Waals surface area contributed by atoms with Crippen LogP contribution in [0.5, 0.6) is 5.75 Å². The van der Waals surface area contributed by atoms with Crippen LogP contribution in [-0.4, -0.2) is 12.0 Å². The molecule has 2 aromatic carbocycles. The van der Waals surface area contributed by atoms with E-state index in [1.54, 1.807) is 12.2 Å². The van der Waals surface area contributed by atoms with Crippen molar-refractivity contribution < 1.29 is 9.53 Å². The molecule has 0 aliphatic carbocycles. The fraction of sp³-hybridized carbons (Fsp3) is 0.318. The summed E-state index contributed by atoms with van der Waals surface area (Å²) in [6, 6.07) is 16.0. The standard InChI is InChI=1S/C22H27NO2/c1-5-18-6-11-20(12-7-18)17(4)23-22(24)15-10-19-8-13-21(14-9-19)25-16(2)3/h6-17H,5H2,1-4H3,(H,23,24)/b15-10-/t17-/m1/s1. The van der Waals surface area contributed by atoms with Crippen LogP contribution in [-0.2, 0) is 11.2 Å². The fourth-order valence-corrected chi connectivity index (χ4v) is 2.49. The average molecular weight is 337 g/mol. The van der Waals surface area contributed by atoms with Crippen LogP contribution in [0.25, 0.3) is 6.08 Å². The molecule has 2 rings (SSSR count). The summed E-state index contributed by atoms with van der Waals surface area (Å²) in [5, 5.41) is 2.99. The van der Waals surface area contributed by atoms with E-state index in [0.717, 1.165) is 23.3 Å². The smallest absolute Gasteiger partial charge is 0.244 e. The van der Waals surface area contributed by atoms with Crippen LogP contribution in [0.4, 0.5) is 0 Å². The molecule has 0 radical (unpaired) electrons. The molecule has 0 fully saturated rings. The summed E-state index contributed by atoms with van der Waals surface area (Å²) in [5.74, 6) is 0.732. The minimum Gasteiger partial charge on any atom is -0.491 e. The zero-order valence-electron chi connectivity index (χ0n) is 15.5. The van der Waals surface area contributed by atoms with Gasteiger partial charge in [-0.2, -0.15) is 0 Å². The monoisotopic (exact) mass is 337 g/mol. The number of rotatable bonds is 7. The Bertz CT molecular complexity index is 700. The second-order valence-corrected chi connectivity index (χ2v) is 6.39. The molecular formula is C22H27NO2. The topological polar surface area (TPSA) is 38.3 Å². The third-order valence-corrected chi connectivity index (χ3v) is 3.93. The molecule has 0 saturated carbocycles. The number of benzene rings is 2. The lowest BCUT2D eigenvalue weighted by molar-refractivity contribution is -0.117. The minimum atomic E-state index is -0.102. The average Bonchev–Trinajstić information content (AvgIpc) is 2.60. The third kappa shape index (κ3) is 6.11. The van der Waals surface area contributed by atoms with E-state index in [4.69, 9.17) is 4.74 Å².